The molecule has 1 rings (SSSR count). The van der Waals surface area contributed by atoms with Crippen LogP contribution in [0.2, 0.25) is 19.6 Å². The molecule has 0 saturated heterocycles. The van der Waals surface area contributed by atoms with Crippen LogP contribution in [0.5, 0.6) is 0 Å². The Balaban J connectivity index is 2.70. The van der Waals surface area contributed by atoms with Crippen LogP contribution in [0.15, 0.2) is 17.1 Å². The van der Waals surface area contributed by atoms with Gasteiger partial charge in [-0.3, -0.25) is 4.99 Å². The third kappa shape index (κ3) is 6.53. The number of aliphatic imine (C=N–C) groups is 1. The maximum Gasteiger partial charge on any atom is 0.183 e. The van der Waals surface area contributed by atoms with Crippen molar-refractivity contribution in [3.8, 4) is 0 Å². The maximum absolute atomic E-state index is 6.09. The van der Waals surface area contributed by atoms with Crippen molar-refractivity contribution in [1.29, 1.82) is 0 Å². The SMILES string of the molecule is C=C1CCC(=N[C@H](CO[Si](C)(C)C)C(C)(C)C)CC1. The molecule has 0 aromatic carbocycles. The Bertz CT molecular complexity index is 335. The molecule has 3 heteroatoms. The summed E-state index contributed by atoms with van der Waals surface area (Å²) < 4.78 is 6.09. The predicted molar refractivity (Wildman–Crippen MR) is 87.6 cm³/mol. The van der Waals surface area contributed by atoms with Crippen molar-refractivity contribution in [3.63, 3.8) is 0 Å². The molecule has 1 aliphatic carbocycles. The molecule has 0 N–H and O–H groups in total. The zero-order valence-corrected chi connectivity index (χ0v) is 14.7. The summed E-state index contributed by atoms with van der Waals surface area (Å²) in [5.74, 6) is 0. The van der Waals surface area contributed by atoms with Crippen LogP contribution in [0.3, 0.4) is 0 Å². The summed E-state index contributed by atoms with van der Waals surface area (Å²) in [7, 11) is -1.46. The normalized spacial score (nSPS) is 19.5. The Kier molecular flexibility index (Phi) is 5.57. The standard InChI is InChI=1S/C16H31NOSi/c1-13-8-10-14(11-9-13)17-15(16(2,3)4)12-18-19(5,6)7/h15H,1,8-12H2,2-7H3/t15-/m1/s1. The van der Waals surface area contributed by atoms with Gasteiger partial charge < -0.3 is 4.43 Å². The first-order valence-corrected chi connectivity index (χ1v) is 10.8. The molecule has 1 saturated carbocycles. The number of rotatable bonds is 4. The minimum Gasteiger partial charge on any atom is -0.415 e. The summed E-state index contributed by atoms with van der Waals surface area (Å²) in [6, 6.07) is 0.278. The first-order valence-electron chi connectivity index (χ1n) is 7.44. The van der Waals surface area contributed by atoms with Gasteiger partial charge in [-0.2, -0.15) is 0 Å². The largest absolute Gasteiger partial charge is 0.415 e. The van der Waals surface area contributed by atoms with Crippen molar-refractivity contribution in [1.82, 2.24) is 0 Å². The molecular weight excluding hydrogens is 250 g/mol. The van der Waals surface area contributed by atoms with Crippen molar-refractivity contribution in [2.24, 2.45) is 10.4 Å². The molecule has 0 aromatic heterocycles. The van der Waals surface area contributed by atoms with E-state index in [1.807, 2.05) is 0 Å². The highest BCUT2D eigenvalue weighted by Gasteiger charge is 2.27. The van der Waals surface area contributed by atoms with Gasteiger partial charge in [0.05, 0.1) is 12.6 Å². The van der Waals surface area contributed by atoms with Crippen LogP contribution in [-0.2, 0) is 4.43 Å². The Morgan fingerprint density at radius 3 is 2.11 bits per heavy atom. The third-order valence-electron chi connectivity index (χ3n) is 3.55. The highest BCUT2D eigenvalue weighted by molar-refractivity contribution is 6.69. The minimum atomic E-state index is -1.46. The van der Waals surface area contributed by atoms with Gasteiger partial charge in [0, 0.05) is 5.71 Å². The smallest absolute Gasteiger partial charge is 0.183 e. The van der Waals surface area contributed by atoms with Gasteiger partial charge in [-0.25, -0.2) is 0 Å². The maximum atomic E-state index is 6.09. The summed E-state index contributed by atoms with van der Waals surface area (Å²) in [5, 5.41) is 0. The summed E-state index contributed by atoms with van der Waals surface area (Å²) in [6.45, 7) is 18.3. The van der Waals surface area contributed by atoms with Gasteiger partial charge in [-0.05, 0) is 50.7 Å². The van der Waals surface area contributed by atoms with Gasteiger partial charge in [0.2, 0.25) is 0 Å². The number of hydrogen-bond acceptors (Lipinski definition) is 2. The van der Waals surface area contributed by atoms with E-state index >= 15 is 0 Å². The fourth-order valence-corrected chi connectivity index (χ4v) is 2.71. The molecular formula is C16H31NOSi. The molecule has 110 valence electrons. The van der Waals surface area contributed by atoms with Gasteiger partial charge in [0.15, 0.2) is 8.32 Å². The lowest BCUT2D eigenvalue weighted by Gasteiger charge is -2.31. The Labute approximate surface area is 120 Å². The topological polar surface area (TPSA) is 21.6 Å². The summed E-state index contributed by atoms with van der Waals surface area (Å²) >= 11 is 0. The minimum absolute atomic E-state index is 0.168. The lowest BCUT2D eigenvalue weighted by atomic mass is 9.86. The van der Waals surface area contributed by atoms with E-state index in [0.29, 0.717) is 0 Å². The molecule has 0 bridgehead atoms. The van der Waals surface area contributed by atoms with E-state index in [0.717, 1.165) is 32.3 Å². The van der Waals surface area contributed by atoms with Crippen LogP contribution in [0.1, 0.15) is 46.5 Å². The highest BCUT2D eigenvalue weighted by atomic mass is 28.4. The van der Waals surface area contributed by atoms with Crippen LogP contribution >= 0.6 is 0 Å². The van der Waals surface area contributed by atoms with E-state index in [1.54, 1.807) is 0 Å². The highest BCUT2D eigenvalue weighted by Crippen LogP contribution is 2.27. The second kappa shape index (κ2) is 6.36. The first kappa shape index (κ1) is 16.6. The van der Waals surface area contributed by atoms with Gasteiger partial charge in [-0.1, -0.05) is 32.9 Å². The molecule has 2 nitrogen and oxygen atoms in total. The number of hydrogen-bond donors (Lipinski definition) is 0. The van der Waals surface area contributed by atoms with Crippen LogP contribution in [-0.4, -0.2) is 26.7 Å². The summed E-state index contributed by atoms with van der Waals surface area (Å²) in [5.41, 5.74) is 2.91. The van der Waals surface area contributed by atoms with Crippen LogP contribution in [0.25, 0.3) is 0 Å². The van der Waals surface area contributed by atoms with Crippen molar-refractivity contribution in [2.75, 3.05) is 6.61 Å². The predicted octanol–water partition coefficient (Wildman–Crippen LogP) is 4.82. The van der Waals surface area contributed by atoms with Crippen LogP contribution in [0, 0.1) is 5.41 Å². The molecule has 1 atom stereocenters. The van der Waals surface area contributed by atoms with Gasteiger partial charge in [0.25, 0.3) is 0 Å². The average molecular weight is 282 g/mol. The lowest BCUT2D eigenvalue weighted by Crippen LogP contribution is -2.36. The van der Waals surface area contributed by atoms with E-state index in [9.17, 15) is 0 Å². The fraction of sp³-hybridized carbons (Fsp3) is 0.812. The molecule has 0 spiro atoms. The number of nitrogens with zero attached hydrogens (tertiary/aromatic N) is 1. The monoisotopic (exact) mass is 281 g/mol. The molecule has 1 fully saturated rings. The molecule has 0 radical (unpaired) electrons. The molecule has 0 heterocycles. The molecule has 19 heavy (non-hydrogen) atoms. The fourth-order valence-electron chi connectivity index (χ4n) is 2.05. The van der Waals surface area contributed by atoms with E-state index in [1.165, 1.54) is 11.3 Å². The average Bonchev–Trinajstić information content (AvgIpc) is 2.23. The molecule has 0 unspecified atom stereocenters. The molecule has 0 aliphatic heterocycles. The van der Waals surface area contributed by atoms with E-state index in [2.05, 4.69) is 47.0 Å². The summed E-state index contributed by atoms with van der Waals surface area (Å²) in [6.07, 6.45) is 4.42. The van der Waals surface area contributed by atoms with Gasteiger partial charge in [0.1, 0.15) is 0 Å². The quantitative estimate of drug-likeness (QED) is 0.534. The van der Waals surface area contributed by atoms with Crippen molar-refractivity contribution < 1.29 is 4.43 Å². The van der Waals surface area contributed by atoms with Crippen LogP contribution < -0.4 is 0 Å². The van der Waals surface area contributed by atoms with Gasteiger partial charge in [-0.15, -0.1) is 0 Å². The second-order valence-corrected chi connectivity index (χ2v) is 12.3. The Morgan fingerprint density at radius 2 is 1.68 bits per heavy atom. The lowest BCUT2D eigenvalue weighted by molar-refractivity contribution is 0.202. The molecule has 1 aliphatic rings. The van der Waals surface area contributed by atoms with E-state index in [4.69, 9.17) is 9.42 Å². The number of allylic oxidation sites excluding steroid dienone is 1. The van der Waals surface area contributed by atoms with Crippen molar-refractivity contribution >= 4 is 14.0 Å². The van der Waals surface area contributed by atoms with E-state index < -0.39 is 8.32 Å². The van der Waals surface area contributed by atoms with Crippen molar-refractivity contribution in [3.05, 3.63) is 12.2 Å². The zero-order chi connectivity index (χ0) is 14.7. The van der Waals surface area contributed by atoms with Crippen molar-refractivity contribution in [2.45, 2.75) is 72.1 Å². The zero-order valence-electron chi connectivity index (χ0n) is 13.7. The third-order valence-corrected chi connectivity index (χ3v) is 4.58. The Morgan fingerprint density at radius 1 is 1.16 bits per heavy atom. The second-order valence-electron chi connectivity index (χ2n) is 7.75. The Hall–Kier alpha value is -0.413. The van der Waals surface area contributed by atoms with Gasteiger partial charge >= 0.3 is 0 Å². The van der Waals surface area contributed by atoms with E-state index in [-0.39, 0.29) is 11.5 Å². The first-order chi connectivity index (χ1) is 8.58. The molecule has 0 amide bonds. The van der Waals surface area contributed by atoms with Crippen LogP contribution in [0.4, 0.5) is 0 Å². The summed E-state index contributed by atoms with van der Waals surface area (Å²) in [4.78, 5) is 5.02. The molecule has 0 aromatic rings.